The van der Waals surface area contributed by atoms with Gasteiger partial charge < -0.3 is 15.1 Å². The molecular weight excluding hydrogens is 313 g/mol. The standard InChI is InChI=1S/C14H15N3O3S.Na.H/c1-17(2)13-8-6-11(7-9-13)15-16-12-4-3-5-14(10-12)20-21(18)19;;/h3-10H,1-2H3,(H,18,19);;/q;+1;-1/p-1. The van der Waals surface area contributed by atoms with Gasteiger partial charge in [0.1, 0.15) is 17.1 Å². The summed E-state index contributed by atoms with van der Waals surface area (Å²) in [7, 11) is 3.92. The van der Waals surface area contributed by atoms with Gasteiger partial charge in [0.25, 0.3) is 0 Å². The number of azo groups is 1. The first-order valence-electron chi connectivity index (χ1n) is 6.11. The largest absolute Gasteiger partial charge is 1.00 e. The maximum atomic E-state index is 10.5. The molecule has 0 heterocycles. The predicted octanol–water partition coefficient (Wildman–Crippen LogP) is 0.457. The van der Waals surface area contributed by atoms with Crippen molar-refractivity contribution in [3.8, 4) is 5.75 Å². The molecule has 22 heavy (non-hydrogen) atoms. The molecule has 0 radical (unpaired) electrons. The molecule has 112 valence electrons. The smallest absolute Gasteiger partial charge is 1.00 e. The SMILES string of the molecule is CN(C)c1ccc(N=Nc2cccc(OS(=O)[O-])c2)cc1.[H-].[Na+]. The van der Waals surface area contributed by atoms with Crippen LogP contribution in [0.15, 0.2) is 58.8 Å². The van der Waals surface area contributed by atoms with Crippen LogP contribution in [-0.2, 0) is 11.4 Å². The molecule has 0 saturated carbocycles. The van der Waals surface area contributed by atoms with E-state index in [4.69, 9.17) is 0 Å². The van der Waals surface area contributed by atoms with Crippen molar-refractivity contribution in [2.24, 2.45) is 10.2 Å². The third-order valence-corrected chi connectivity index (χ3v) is 2.96. The van der Waals surface area contributed by atoms with Crippen LogP contribution in [0.4, 0.5) is 17.1 Å². The van der Waals surface area contributed by atoms with Crippen LogP contribution in [0.25, 0.3) is 0 Å². The average Bonchev–Trinajstić information content (AvgIpc) is 2.45. The molecule has 0 amide bonds. The maximum absolute atomic E-state index is 10.5. The van der Waals surface area contributed by atoms with Crippen molar-refractivity contribution in [2.75, 3.05) is 19.0 Å². The molecule has 0 spiro atoms. The molecule has 0 bridgehead atoms. The monoisotopic (exact) mass is 328 g/mol. The molecule has 0 aliphatic rings. The van der Waals surface area contributed by atoms with E-state index in [0.717, 1.165) is 5.69 Å². The Hall–Kier alpha value is -1.25. The predicted molar refractivity (Wildman–Crippen MR) is 82.0 cm³/mol. The van der Waals surface area contributed by atoms with Gasteiger partial charge in [0, 0.05) is 25.8 Å². The van der Waals surface area contributed by atoms with Crippen LogP contribution in [0.5, 0.6) is 5.75 Å². The summed E-state index contributed by atoms with van der Waals surface area (Å²) in [6.45, 7) is 0. The summed E-state index contributed by atoms with van der Waals surface area (Å²) in [5, 5.41) is 8.14. The summed E-state index contributed by atoms with van der Waals surface area (Å²) in [6.07, 6.45) is 0. The fourth-order valence-corrected chi connectivity index (χ4v) is 1.87. The molecule has 0 fully saturated rings. The molecule has 8 heteroatoms. The van der Waals surface area contributed by atoms with Gasteiger partial charge in [0.2, 0.25) is 0 Å². The van der Waals surface area contributed by atoms with Gasteiger partial charge in [-0.25, -0.2) is 4.21 Å². The summed E-state index contributed by atoms with van der Waals surface area (Å²) >= 11 is -2.60. The number of anilines is 1. The van der Waals surface area contributed by atoms with E-state index in [1.807, 2.05) is 43.3 Å². The van der Waals surface area contributed by atoms with E-state index >= 15 is 0 Å². The molecule has 0 saturated heterocycles. The first-order valence-corrected chi connectivity index (χ1v) is 7.11. The van der Waals surface area contributed by atoms with Gasteiger partial charge in [0.15, 0.2) is 0 Å². The number of hydrogen-bond donors (Lipinski definition) is 0. The van der Waals surface area contributed by atoms with Gasteiger partial charge in [-0.2, -0.15) is 10.2 Å². The second kappa shape index (κ2) is 9.02. The van der Waals surface area contributed by atoms with E-state index in [1.165, 1.54) is 12.1 Å². The molecule has 1 atom stereocenters. The van der Waals surface area contributed by atoms with Gasteiger partial charge in [0.05, 0.1) is 11.4 Å². The maximum Gasteiger partial charge on any atom is 1.00 e. The van der Waals surface area contributed by atoms with Crippen LogP contribution in [-0.4, -0.2) is 22.9 Å². The van der Waals surface area contributed by atoms with E-state index in [0.29, 0.717) is 11.4 Å². The van der Waals surface area contributed by atoms with Crippen molar-refractivity contribution in [1.82, 2.24) is 0 Å². The third-order valence-electron chi connectivity index (χ3n) is 2.63. The van der Waals surface area contributed by atoms with Crippen LogP contribution in [0.1, 0.15) is 1.43 Å². The molecule has 2 aromatic carbocycles. The molecule has 0 aliphatic heterocycles. The number of benzene rings is 2. The number of nitrogens with zero attached hydrogens (tertiary/aromatic N) is 3. The molecule has 0 aliphatic carbocycles. The van der Waals surface area contributed by atoms with Crippen molar-refractivity contribution in [3.05, 3.63) is 48.5 Å². The Balaban J connectivity index is 0.00000242. The summed E-state index contributed by atoms with van der Waals surface area (Å²) in [4.78, 5) is 1.99. The van der Waals surface area contributed by atoms with Crippen molar-refractivity contribution in [3.63, 3.8) is 0 Å². The zero-order valence-corrected chi connectivity index (χ0v) is 15.4. The second-order valence-corrected chi connectivity index (χ2v) is 4.97. The van der Waals surface area contributed by atoms with Gasteiger partial charge in [-0.05, 0) is 36.4 Å². The van der Waals surface area contributed by atoms with Crippen molar-refractivity contribution in [2.45, 2.75) is 0 Å². The normalized spacial score (nSPS) is 11.8. The Bertz CT molecular complexity index is 669. The number of hydrogen-bond acceptors (Lipinski definition) is 6. The van der Waals surface area contributed by atoms with Gasteiger partial charge in [-0.1, -0.05) is 6.07 Å². The Morgan fingerprint density at radius 1 is 1.09 bits per heavy atom. The molecular formula is C14H15N3NaO3S-. The Labute approximate surface area is 155 Å². The van der Waals surface area contributed by atoms with Crippen LogP contribution >= 0.6 is 0 Å². The molecule has 2 rings (SSSR count). The average molecular weight is 328 g/mol. The Morgan fingerprint density at radius 3 is 2.32 bits per heavy atom. The summed E-state index contributed by atoms with van der Waals surface area (Å²) in [5.74, 6) is 0.197. The van der Waals surface area contributed by atoms with Crippen molar-refractivity contribution < 1.29 is 43.9 Å². The molecule has 0 aromatic heterocycles. The van der Waals surface area contributed by atoms with E-state index in [9.17, 15) is 8.76 Å². The van der Waals surface area contributed by atoms with Crippen molar-refractivity contribution >= 4 is 28.4 Å². The van der Waals surface area contributed by atoms with E-state index in [-0.39, 0.29) is 36.7 Å². The minimum absolute atomic E-state index is 0. The second-order valence-electron chi connectivity index (χ2n) is 4.40. The van der Waals surface area contributed by atoms with Gasteiger partial charge in [-0.3, -0.25) is 0 Å². The zero-order valence-electron chi connectivity index (χ0n) is 13.6. The minimum Gasteiger partial charge on any atom is -1.00 e. The number of rotatable bonds is 5. The topological polar surface area (TPSA) is 77.3 Å². The van der Waals surface area contributed by atoms with E-state index in [1.54, 1.807) is 12.1 Å². The molecule has 1 unspecified atom stereocenters. The van der Waals surface area contributed by atoms with E-state index in [2.05, 4.69) is 14.4 Å². The fraction of sp³-hybridized carbons (Fsp3) is 0.143. The third kappa shape index (κ3) is 5.86. The summed E-state index contributed by atoms with van der Waals surface area (Å²) in [5.41, 5.74) is 2.29. The Morgan fingerprint density at radius 2 is 1.73 bits per heavy atom. The first-order chi connectivity index (χ1) is 10.0. The van der Waals surface area contributed by atoms with Crippen LogP contribution in [0, 0.1) is 0 Å². The minimum atomic E-state index is -2.60. The summed E-state index contributed by atoms with van der Waals surface area (Å²) in [6, 6.07) is 14.0. The molecule has 6 nitrogen and oxygen atoms in total. The quantitative estimate of drug-likeness (QED) is 0.454. The Kier molecular flexibility index (Phi) is 7.70. The molecule has 2 aromatic rings. The van der Waals surface area contributed by atoms with Crippen LogP contribution in [0.3, 0.4) is 0 Å². The van der Waals surface area contributed by atoms with Gasteiger partial charge in [-0.15, -0.1) is 0 Å². The van der Waals surface area contributed by atoms with Gasteiger partial charge >= 0.3 is 29.6 Å². The van der Waals surface area contributed by atoms with E-state index < -0.39 is 11.4 Å². The fourth-order valence-electron chi connectivity index (χ4n) is 1.61. The zero-order chi connectivity index (χ0) is 15.2. The van der Waals surface area contributed by atoms with Crippen LogP contribution < -0.4 is 38.6 Å². The van der Waals surface area contributed by atoms with Crippen molar-refractivity contribution in [1.29, 1.82) is 0 Å². The molecule has 0 N–H and O–H groups in total. The first kappa shape index (κ1) is 18.8. The van der Waals surface area contributed by atoms with Crippen LogP contribution in [0.2, 0.25) is 0 Å². The summed E-state index contributed by atoms with van der Waals surface area (Å²) < 4.78 is 25.5.